The van der Waals surface area contributed by atoms with Crippen molar-refractivity contribution in [1.29, 1.82) is 0 Å². The van der Waals surface area contributed by atoms with Crippen molar-refractivity contribution < 1.29 is 14.3 Å². The minimum atomic E-state index is -0.197. The Bertz CT molecular complexity index is 958. The van der Waals surface area contributed by atoms with Gasteiger partial charge in [-0.2, -0.15) is 0 Å². The smallest absolute Gasteiger partial charge is 0.254 e. The monoisotopic (exact) mass is 422 g/mol. The summed E-state index contributed by atoms with van der Waals surface area (Å²) in [5, 5.41) is 2.93. The molecular weight excluding hydrogens is 392 g/mol. The Morgan fingerprint density at radius 3 is 2.77 bits per heavy atom. The molecule has 1 aliphatic carbocycles. The number of carbonyl (C=O) groups excluding carboxylic acids is 2. The van der Waals surface area contributed by atoms with Crippen LogP contribution in [-0.2, 0) is 11.3 Å². The van der Waals surface area contributed by atoms with E-state index in [1.807, 2.05) is 36.1 Å². The van der Waals surface area contributed by atoms with Gasteiger partial charge in [0.25, 0.3) is 5.91 Å². The van der Waals surface area contributed by atoms with E-state index in [1.54, 1.807) is 13.3 Å². The number of ether oxygens (including phenoxy) is 1. The highest BCUT2D eigenvalue weighted by molar-refractivity contribution is 5.94. The average Bonchev–Trinajstić information content (AvgIpc) is 2.76. The van der Waals surface area contributed by atoms with E-state index < -0.39 is 0 Å². The molecule has 1 saturated carbocycles. The number of hydrogen-bond donors (Lipinski definition) is 1. The van der Waals surface area contributed by atoms with Gasteiger partial charge in [-0.1, -0.05) is 18.6 Å². The van der Waals surface area contributed by atoms with Crippen LogP contribution in [0.4, 0.5) is 0 Å². The molecule has 1 aromatic carbocycles. The van der Waals surface area contributed by atoms with Crippen molar-refractivity contribution in [2.75, 3.05) is 20.2 Å². The standard InChI is InChI=1S/C24H30N4O3/c1-16-21(23(29)26-13-17-6-3-10-20(12-17)31-2)14-25-22(27-16)19-9-5-11-28(15-19)24(30)18-7-4-8-18/h3,6,10,12,14,18-19H,4-5,7-9,11,13,15H2,1-2H3,(H,26,29)/t19-/m0/s1. The van der Waals surface area contributed by atoms with E-state index in [9.17, 15) is 9.59 Å². The Kier molecular flexibility index (Phi) is 6.49. The summed E-state index contributed by atoms with van der Waals surface area (Å²) in [7, 11) is 1.62. The molecule has 7 nitrogen and oxygen atoms in total. The van der Waals surface area contributed by atoms with Crippen molar-refractivity contribution in [3.8, 4) is 5.75 Å². The third-order valence-electron chi connectivity index (χ3n) is 6.38. The maximum Gasteiger partial charge on any atom is 0.254 e. The number of benzene rings is 1. The summed E-state index contributed by atoms with van der Waals surface area (Å²) in [6, 6.07) is 7.60. The number of amides is 2. The van der Waals surface area contributed by atoms with Crippen molar-refractivity contribution >= 4 is 11.8 Å². The maximum absolute atomic E-state index is 12.7. The average molecular weight is 423 g/mol. The predicted octanol–water partition coefficient (Wildman–Crippen LogP) is 3.23. The Balaban J connectivity index is 1.38. The molecule has 1 aromatic heterocycles. The van der Waals surface area contributed by atoms with Crippen LogP contribution in [0.25, 0.3) is 0 Å². The molecule has 2 aliphatic rings. The Hall–Kier alpha value is -2.96. The van der Waals surface area contributed by atoms with Crippen LogP contribution in [0.15, 0.2) is 30.5 Å². The van der Waals surface area contributed by atoms with Gasteiger partial charge >= 0.3 is 0 Å². The highest BCUT2D eigenvalue weighted by atomic mass is 16.5. The Morgan fingerprint density at radius 2 is 2.06 bits per heavy atom. The summed E-state index contributed by atoms with van der Waals surface area (Å²) < 4.78 is 5.22. The fourth-order valence-corrected chi connectivity index (χ4v) is 4.27. The predicted molar refractivity (Wildman–Crippen MR) is 117 cm³/mol. The van der Waals surface area contributed by atoms with Crippen molar-refractivity contribution in [2.24, 2.45) is 5.92 Å². The minimum absolute atomic E-state index is 0.130. The van der Waals surface area contributed by atoms with Crippen LogP contribution in [-0.4, -0.2) is 46.9 Å². The van der Waals surface area contributed by atoms with Crippen LogP contribution in [0.3, 0.4) is 0 Å². The van der Waals surface area contributed by atoms with Gasteiger partial charge in [0.2, 0.25) is 5.91 Å². The fourth-order valence-electron chi connectivity index (χ4n) is 4.27. The number of aromatic nitrogens is 2. The Morgan fingerprint density at radius 1 is 1.23 bits per heavy atom. The molecule has 1 N–H and O–H groups in total. The molecule has 1 atom stereocenters. The van der Waals surface area contributed by atoms with Crippen LogP contribution in [0, 0.1) is 12.8 Å². The molecular formula is C24H30N4O3. The summed E-state index contributed by atoms with van der Waals surface area (Å²) in [6.45, 7) is 3.75. The number of aryl methyl sites for hydroxylation is 1. The first-order valence-corrected chi connectivity index (χ1v) is 11.1. The zero-order valence-corrected chi connectivity index (χ0v) is 18.3. The quantitative estimate of drug-likeness (QED) is 0.773. The van der Waals surface area contributed by atoms with Crippen molar-refractivity contribution in [3.63, 3.8) is 0 Å². The molecule has 1 saturated heterocycles. The van der Waals surface area contributed by atoms with Crippen LogP contribution < -0.4 is 10.1 Å². The van der Waals surface area contributed by atoms with Gasteiger partial charge in [0, 0.05) is 37.7 Å². The van der Waals surface area contributed by atoms with Gasteiger partial charge in [-0.25, -0.2) is 9.97 Å². The number of piperidine rings is 1. The first-order chi connectivity index (χ1) is 15.0. The lowest BCUT2D eigenvalue weighted by Gasteiger charge is -2.36. The molecule has 1 aliphatic heterocycles. The highest BCUT2D eigenvalue weighted by Gasteiger charge is 2.33. The van der Waals surface area contributed by atoms with Crippen molar-refractivity contribution in [1.82, 2.24) is 20.2 Å². The first kappa shape index (κ1) is 21.3. The van der Waals surface area contributed by atoms with E-state index >= 15 is 0 Å². The van der Waals surface area contributed by atoms with E-state index in [-0.39, 0.29) is 17.7 Å². The molecule has 0 radical (unpaired) electrons. The number of rotatable bonds is 6. The summed E-state index contributed by atoms with van der Waals surface area (Å²) >= 11 is 0. The van der Waals surface area contributed by atoms with Gasteiger partial charge in [0.05, 0.1) is 18.4 Å². The van der Waals surface area contributed by atoms with E-state index in [1.165, 1.54) is 0 Å². The maximum atomic E-state index is 12.7. The molecule has 164 valence electrons. The van der Waals surface area contributed by atoms with Crippen molar-refractivity contribution in [3.05, 3.63) is 53.1 Å². The van der Waals surface area contributed by atoms with Gasteiger partial charge in [0.15, 0.2) is 0 Å². The highest BCUT2D eigenvalue weighted by Crippen LogP contribution is 2.32. The van der Waals surface area contributed by atoms with Crippen LogP contribution in [0.5, 0.6) is 5.75 Å². The van der Waals surface area contributed by atoms with Crippen molar-refractivity contribution in [2.45, 2.75) is 51.5 Å². The molecule has 2 fully saturated rings. The molecule has 2 amide bonds. The molecule has 31 heavy (non-hydrogen) atoms. The summed E-state index contributed by atoms with van der Waals surface area (Å²) in [5.74, 6) is 1.93. The Labute approximate surface area is 183 Å². The summed E-state index contributed by atoms with van der Waals surface area (Å²) in [4.78, 5) is 36.4. The zero-order valence-electron chi connectivity index (χ0n) is 18.3. The third kappa shape index (κ3) is 4.86. The molecule has 2 heterocycles. The number of nitrogens with one attached hydrogen (secondary N) is 1. The fraction of sp³-hybridized carbons (Fsp3) is 0.500. The van der Waals surface area contributed by atoms with Gasteiger partial charge in [-0.05, 0) is 50.3 Å². The van der Waals surface area contributed by atoms with Gasteiger partial charge < -0.3 is 15.0 Å². The number of methoxy groups -OCH3 is 1. The SMILES string of the molecule is COc1cccc(CNC(=O)c2cnc([C@H]3CCCN(C(=O)C4CCC4)C3)nc2C)c1. The number of likely N-dealkylation sites (tertiary alicyclic amines) is 1. The molecule has 7 heteroatoms. The lowest BCUT2D eigenvalue weighted by molar-refractivity contribution is -0.139. The van der Waals surface area contributed by atoms with Gasteiger partial charge in [0.1, 0.15) is 11.6 Å². The van der Waals surface area contributed by atoms with E-state index in [2.05, 4.69) is 15.3 Å². The second-order valence-electron chi connectivity index (χ2n) is 8.51. The normalized spacial score (nSPS) is 18.9. The lowest BCUT2D eigenvalue weighted by Crippen LogP contribution is -2.44. The van der Waals surface area contributed by atoms with Crippen LogP contribution >= 0.6 is 0 Å². The largest absolute Gasteiger partial charge is 0.497 e. The van der Waals surface area contributed by atoms with E-state index in [0.29, 0.717) is 30.3 Å². The van der Waals surface area contributed by atoms with Crippen LogP contribution in [0.1, 0.15) is 65.5 Å². The first-order valence-electron chi connectivity index (χ1n) is 11.1. The molecule has 0 spiro atoms. The number of hydrogen-bond acceptors (Lipinski definition) is 5. The summed E-state index contributed by atoms with van der Waals surface area (Å²) in [5.41, 5.74) is 2.10. The van der Waals surface area contributed by atoms with Gasteiger partial charge in [-0.3, -0.25) is 9.59 Å². The van der Waals surface area contributed by atoms with Crippen LogP contribution in [0.2, 0.25) is 0 Å². The third-order valence-corrected chi connectivity index (χ3v) is 6.38. The molecule has 4 rings (SSSR count). The molecule has 0 unspecified atom stereocenters. The second kappa shape index (κ2) is 9.45. The number of nitrogens with zero attached hydrogens (tertiary/aromatic N) is 3. The molecule has 0 bridgehead atoms. The van der Waals surface area contributed by atoms with Gasteiger partial charge in [-0.15, -0.1) is 0 Å². The zero-order chi connectivity index (χ0) is 21.8. The number of carbonyl (C=O) groups is 2. The van der Waals surface area contributed by atoms with E-state index in [0.717, 1.165) is 55.8 Å². The topological polar surface area (TPSA) is 84.4 Å². The molecule has 2 aromatic rings. The minimum Gasteiger partial charge on any atom is -0.497 e. The second-order valence-corrected chi connectivity index (χ2v) is 8.51. The lowest BCUT2D eigenvalue weighted by atomic mass is 9.83. The summed E-state index contributed by atoms with van der Waals surface area (Å²) in [6.07, 6.45) is 6.76. The van der Waals surface area contributed by atoms with E-state index in [4.69, 9.17) is 4.74 Å².